The number of rotatable bonds is 4. The summed E-state index contributed by atoms with van der Waals surface area (Å²) in [4.78, 5) is 14.1. The van der Waals surface area contributed by atoms with Gasteiger partial charge in [0, 0.05) is 19.2 Å². The Morgan fingerprint density at radius 3 is 2.89 bits per heavy atom. The summed E-state index contributed by atoms with van der Waals surface area (Å²) < 4.78 is 1.59. The first-order chi connectivity index (χ1) is 8.56. The van der Waals surface area contributed by atoms with Gasteiger partial charge in [-0.2, -0.15) is 5.10 Å². The van der Waals surface area contributed by atoms with E-state index in [1.165, 1.54) is 12.1 Å². The molecule has 1 heterocycles. The lowest BCUT2D eigenvalue weighted by atomic mass is 10.3. The number of aromatic nitrogens is 3. The van der Waals surface area contributed by atoms with E-state index in [9.17, 15) is 10.1 Å². The van der Waals surface area contributed by atoms with E-state index in [2.05, 4.69) is 15.4 Å². The van der Waals surface area contributed by atoms with Gasteiger partial charge in [0.15, 0.2) is 5.82 Å². The monoisotopic (exact) mass is 267 g/mol. The Balaban J connectivity index is 2.08. The number of halogens is 1. The molecule has 1 aromatic heterocycles. The van der Waals surface area contributed by atoms with Crippen molar-refractivity contribution >= 4 is 23.0 Å². The van der Waals surface area contributed by atoms with Crippen LogP contribution < -0.4 is 5.32 Å². The molecule has 0 atom stereocenters. The van der Waals surface area contributed by atoms with E-state index in [1.807, 2.05) is 0 Å². The highest BCUT2D eigenvalue weighted by Gasteiger charge is 2.09. The lowest BCUT2D eigenvalue weighted by molar-refractivity contribution is -0.384. The van der Waals surface area contributed by atoms with Crippen LogP contribution in [0.5, 0.6) is 0 Å². The van der Waals surface area contributed by atoms with Gasteiger partial charge in [0.2, 0.25) is 0 Å². The van der Waals surface area contributed by atoms with Crippen LogP contribution >= 0.6 is 11.6 Å². The molecule has 0 fully saturated rings. The molecule has 94 valence electrons. The summed E-state index contributed by atoms with van der Waals surface area (Å²) in [7, 11) is 1.77. The molecule has 2 rings (SSSR count). The zero-order valence-electron chi connectivity index (χ0n) is 9.50. The standard InChI is InChI=1S/C10H10ClN5O2/c1-15-6-13-10(14-15)5-12-9-3-2-7(16(17)18)4-8(9)11/h2-4,6,12H,5H2,1H3. The normalized spacial score (nSPS) is 10.3. The number of hydrogen-bond acceptors (Lipinski definition) is 5. The van der Waals surface area contributed by atoms with Crippen LogP contribution in [0.3, 0.4) is 0 Å². The summed E-state index contributed by atoms with van der Waals surface area (Å²) in [5.41, 5.74) is 0.566. The second-order valence-corrected chi connectivity index (χ2v) is 4.02. The van der Waals surface area contributed by atoms with Gasteiger partial charge in [0.25, 0.3) is 5.69 Å². The molecule has 0 amide bonds. The molecule has 0 aliphatic rings. The molecule has 2 aromatic rings. The average molecular weight is 268 g/mol. The molecule has 1 aromatic carbocycles. The first-order valence-corrected chi connectivity index (χ1v) is 5.46. The van der Waals surface area contributed by atoms with Gasteiger partial charge in [0.05, 0.1) is 22.2 Å². The molecule has 0 spiro atoms. The number of aryl methyl sites for hydroxylation is 1. The lowest BCUT2D eigenvalue weighted by Gasteiger charge is -2.05. The Morgan fingerprint density at radius 1 is 1.56 bits per heavy atom. The van der Waals surface area contributed by atoms with Crippen molar-refractivity contribution in [3.63, 3.8) is 0 Å². The van der Waals surface area contributed by atoms with Gasteiger partial charge in [-0.05, 0) is 6.07 Å². The van der Waals surface area contributed by atoms with Crippen molar-refractivity contribution in [2.24, 2.45) is 7.05 Å². The van der Waals surface area contributed by atoms with Crippen LogP contribution in [0, 0.1) is 10.1 Å². The zero-order chi connectivity index (χ0) is 13.1. The van der Waals surface area contributed by atoms with Crippen molar-refractivity contribution in [2.45, 2.75) is 6.54 Å². The van der Waals surface area contributed by atoms with Crippen molar-refractivity contribution in [2.75, 3.05) is 5.32 Å². The smallest absolute Gasteiger partial charge is 0.271 e. The molecular weight excluding hydrogens is 258 g/mol. The Hall–Kier alpha value is -2.15. The molecule has 0 bridgehead atoms. The van der Waals surface area contributed by atoms with Gasteiger partial charge in [-0.1, -0.05) is 11.6 Å². The molecule has 1 N–H and O–H groups in total. The molecular formula is C10H10ClN5O2. The van der Waals surface area contributed by atoms with E-state index in [-0.39, 0.29) is 5.69 Å². The van der Waals surface area contributed by atoms with E-state index in [0.29, 0.717) is 23.1 Å². The van der Waals surface area contributed by atoms with Gasteiger partial charge in [-0.25, -0.2) is 4.98 Å². The molecule has 0 aliphatic heterocycles. The maximum atomic E-state index is 10.6. The van der Waals surface area contributed by atoms with Crippen LogP contribution in [0.2, 0.25) is 5.02 Å². The third-order valence-corrected chi connectivity index (χ3v) is 2.56. The SMILES string of the molecule is Cn1cnc(CNc2ccc([N+](=O)[O-])cc2Cl)n1. The van der Waals surface area contributed by atoms with Crippen LogP contribution in [0.4, 0.5) is 11.4 Å². The fraction of sp³-hybridized carbons (Fsp3) is 0.200. The number of benzene rings is 1. The number of nitrogens with zero attached hydrogens (tertiary/aromatic N) is 4. The third kappa shape index (κ3) is 2.75. The number of non-ortho nitro benzene ring substituents is 1. The average Bonchev–Trinajstić information content (AvgIpc) is 2.73. The van der Waals surface area contributed by atoms with Crippen molar-refractivity contribution in [3.05, 3.63) is 45.5 Å². The summed E-state index contributed by atoms with van der Waals surface area (Å²) in [6.07, 6.45) is 1.59. The van der Waals surface area contributed by atoms with Crippen LogP contribution in [-0.2, 0) is 13.6 Å². The van der Waals surface area contributed by atoms with E-state index < -0.39 is 4.92 Å². The third-order valence-electron chi connectivity index (χ3n) is 2.25. The van der Waals surface area contributed by atoms with Crippen LogP contribution in [0.25, 0.3) is 0 Å². The van der Waals surface area contributed by atoms with Crippen molar-refractivity contribution in [1.29, 1.82) is 0 Å². The highest BCUT2D eigenvalue weighted by atomic mass is 35.5. The van der Waals surface area contributed by atoms with E-state index in [0.717, 1.165) is 0 Å². The van der Waals surface area contributed by atoms with Gasteiger partial charge in [-0.15, -0.1) is 0 Å². The molecule has 0 saturated carbocycles. The van der Waals surface area contributed by atoms with Crippen molar-refractivity contribution < 1.29 is 4.92 Å². The van der Waals surface area contributed by atoms with Gasteiger partial charge >= 0.3 is 0 Å². The molecule has 0 aliphatic carbocycles. The van der Waals surface area contributed by atoms with Crippen LogP contribution in [0.1, 0.15) is 5.82 Å². The Kier molecular flexibility index (Phi) is 3.42. The van der Waals surface area contributed by atoms with Crippen LogP contribution in [0.15, 0.2) is 24.5 Å². The van der Waals surface area contributed by atoms with E-state index in [1.54, 1.807) is 24.1 Å². The summed E-state index contributed by atoms with van der Waals surface area (Å²) in [5, 5.41) is 18.0. The number of hydrogen-bond donors (Lipinski definition) is 1. The predicted octanol–water partition coefficient (Wildman–Crippen LogP) is 1.99. The Labute approximate surface area is 108 Å². The first kappa shape index (κ1) is 12.3. The number of nitro benzene ring substituents is 1. The topological polar surface area (TPSA) is 85.9 Å². The zero-order valence-corrected chi connectivity index (χ0v) is 10.3. The van der Waals surface area contributed by atoms with Gasteiger partial charge < -0.3 is 5.32 Å². The molecule has 8 heteroatoms. The molecule has 18 heavy (non-hydrogen) atoms. The number of nitro groups is 1. The quantitative estimate of drug-likeness (QED) is 0.676. The molecule has 0 radical (unpaired) electrons. The molecule has 0 unspecified atom stereocenters. The maximum absolute atomic E-state index is 10.6. The summed E-state index contributed by atoms with van der Waals surface area (Å²) in [6.45, 7) is 0.401. The Bertz CT molecular complexity index is 583. The predicted molar refractivity (Wildman–Crippen MR) is 66.4 cm³/mol. The Morgan fingerprint density at radius 2 is 2.33 bits per heavy atom. The highest BCUT2D eigenvalue weighted by molar-refractivity contribution is 6.33. The molecule has 7 nitrogen and oxygen atoms in total. The number of nitrogens with one attached hydrogen (secondary N) is 1. The van der Waals surface area contributed by atoms with E-state index >= 15 is 0 Å². The fourth-order valence-electron chi connectivity index (χ4n) is 1.40. The van der Waals surface area contributed by atoms with Gasteiger partial charge in [-0.3, -0.25) is 14.8 Å². The lowest BCUT2D eigenvalue weighted by Crippen LogP contribution is -2.03. The van der Waals surface area contributed by atoms with Crippen molar-refractivity contribution in [1.82, 2.24) is 14.8 Å². The summed E-state index contributed by atoms with van der Waals surface area (Å²) in [5.74, 6) is 0.618. The molecule has 0 saturated heterocycles. The highest BCUT2D eigenvalue weighted by Crippen LogP contribution is 2.26. The summed E-state index contributed by atoms with van der Waals surface area (Å²) >= 11 is 5.93. The van der Waals surface area contributed by atoms with Crippen molar-refractivity contribution in [3.8, 4) is 0 Å². The maximum Gasteiger partial charge on any atom is 0.271 e. The second kappa shape index (κ2) is 5.01. The van der Waals surface area contributed by atoms with Gasteiger partial charge in [0.1, 0.15) is 6.33 Å². The largest absolute Gasteiger partial charge is 0.376 e. The van der Waals surface area contributed by atoms with Crippen LogP contribution in [-0.4, -0.2) is 19.7 Å². The fourth-order valence-corrected chi connectivity index (χ4v) is 1.64. The number of anilines is 1. The minimum atomic E-state index is -0.490. The summed E-state index contributed by atoms with van der Waals surface area (Å²) in [6, 6.07) is 4.25. The van der Waals surface area contributed by atoms with E-state index in [4.69, 9.17) is 11.6 Å². The minimum Gasteiger partial charge on any atom is -0.376 e. The first-order valence-electron chi connectivity index (χ1n) is 5.08. The minimum absolute atomic E-state index is 0.0403. The second-order valence-electron chi connectivity index (χ2n) is 3.61.